The van der Waals surface area contributed by atoms with Crippen molar-refractivity contribution in [2.45, 2.75) is 31.2 Å². The van der Waals surface area contributed by atoms with Crippen molar-refractivity contribution >= 4 is 23.3 Å². The van der Waals surface area contributed by atoms with E-state index in [9.17, 15) is 9.18 Å². The van der Waals surface area contributed by atoms with Crippen molar-refractivity contribution in [3.63, 3.8) is 0 Å². The minimum atomic E-state index is -0.681. The van der Waals surface area contributed by atoms with E-state index in [0.29, 0.717) is 23.2 Å². The van der Waals surface area contributed by atoms with Gasteiger partial charge in [-0.25, -0.2) is 4.39 Å². The molecule has 1 amide bonds. The third kappa shape index (κ3) is 4.62. The molecule has 3 rings (SSSR count). The summed E-state index contributed by atoms with van der Waals surface area (Å²) in [6.07, 6.45) is 3.74. The van der Waals surface area contributed by atoms with Gasteiger partial charge in [-0.2, -0.15) is 4.98 Å². The van der Waals surface area contributed by atoms with Crippen molar-refractivity contribution in [1.29, 1.82) is 0 Å². The summed E-state index contributed by atoms with van der Waals surface area (Å²) < 4.78 is 19.2. The Morgan fingerprint density at radius 1 is 1.42 bits per heavy atom. The van der Waals surface area contributed by atoms with E-state index < -0.39 is 5.38 Å². The maximum atomic E-state index is 13.2. The van der Waals surface area contributed by atoms with Gasteiger partial charge < -0.3 is 15.0 Å². The quantitative estimate of drug-likeness (QED) is 0.813. The smallest absolute Gasteiger partial charge is 0.254 e. The van der Waals surface area contributed by atoms with Crippen LogP contribution in [0.5, 0.6) is 5.88 Å². The fourth-order valence-electron chi connectivity index (χ4n) is 3.25. The molecule has 1 aliphatic heterocycles. The van der Waals surface area contributed by atoms with Crippen LogP contribution in [-0.2, 0) is 4.79 Å². The lowest BCUT2D eigenvalue weighted by molar-refractivity contribution is -0.113. The maximum Gasteiger partial charge on any atom is 0.254 e. The molecule has 0 bridgehead atoms. The number of anilines is 1. The molecule has 0 radical (unpaired) electrons. The molecule has 1 fully saturated rings. The fourth-order valence-corrected chi connectivity index (χ4v) is 3.57. The number of nitrogens with zero attached hydrogens (tertiary/aromatic N) is 2. The van der Waals surface area contributed by atoms with Crippen LogP contribution in [0.3, 0.4) is 0 Å². The van der Waals surface area contributed by atoms with Gasteiger partial charge in [0.2, 0.25) is 5.88 Å². The summed E-state index contributed by atoms with van der Waals surface area (Å²) >= 11 is 6.07. The highest BCUT2D eigenvalue weighted by molar-refractivity contribution is 6.27. The summed E-state index contributed by atoms with van der Waals surface area (Å²) in [5.41, 5.74) is 0.324. The molecule has 26 heavy (non-hydrogen) atoms. The Balaban J connectivity index is 1.65. The van der Waals surface area contributed by atoms with Crippen LogP contribution >= 0.6 is 11.6 Å². The Hall–Kier alpha value is -1.92. The number of rotatable bonds is 4. The van der Waals surface area contributed by atoms with Crippen LogP contribution in [0.15, 0.2) is 41.8 Å². The summed E-state index contributed by atoms with van der Waals surface area (Å²) in [6, 6.07) is 5.25. The molecule has 7 heteroatoms. The van der Waals surface area contributed by atoms with Crippen LogP contribution in [-0.4, -0.2) is 47.4 Å². The lowest BCUT2D eigenvalue weighted by Crippen LogP contribution is -2.42. The van der Waals surface area contributed by atoms with E-state index in [1.807, 2.05) is 0 Å². The molecule has 2 heterocycles. The monoisotopic (exact) mass is 379 g/mol. The highest BCUT2D eigenvalue weighted by Gasteiger charge is 2.26. The van der Waals surface area contributed by atoms with Crippen molar-refractivity contribution in [2.75, 3.05) is 25.5 Å². The molecular formula is C19H23ClFN3O2. The number of pyridine rings is 1. The van der Waals surface area contributed by atoms with Crippen molar-refractivity contribution < 1.29 is 13.9 Å². The maximum absolute atomic E-state index is 13.2. The van der Waals surface area contributed by atoms with Gasteiger partial charge in [-0.3, -0.25) is 4.79 Å². The van der Waals surface area contributed by atoms with Crippen molar-refractivity contribution in [2.24, 2.45) is 5.92 Å². The standard InChI is InChI=1S/C19H23ClFN3O2/c1-12-11-24(2)9-8-16(12)26-18-5-3-4-17(22-18)23-19(25)14-7-6-13(21)10-15(14)20/h3-7,12,15-16H,8-11H2,1-2H3,(H,22,23,25)/t12-,15?,16+/m1/s1. The Bertz CT molecular complexity index is 737. The number of aromatic nitrogens is 1. The fraction of sp³-hybridized carbons (Fsp3) is 0.474. The second kappa shape index (κ2) is 8.18. The van der Waals surface area contributed by atoms with E-state index in [1.165, 1.54) is 12.2 Å². The number of ether oxygens (including phenoxy) is 1. The Morgan fingerprint density at radius 2 is 2.23 bits per heavy atom. The number of hydrogen-bond acceptors (Lipinski definition) is 4. The van der Waals surface area contributed by atoms with E-state index >= 15 is 0 Å². The first kappa shape index (κ1) is 18.9. The number of amides is 1. The van der Waals surface area contributed by atoms with E-state index in [1.54, 1.807) is 18.2 Å². The molecule has 0 spiro atoms. The van der Waals surface area contributed by atoms with Gasteiger partial charge in [-0.1, -0.05) is 13.0 Å². The molecule has 0 aromatic carbocycles. The predicted octanol–water partition coefficient (Wildman–Crippen LogP) is 3.53. The van der Waals surface area contributed by atoms with Gasteiger partial charge in [-0.05, 0) is 31.7 Å². The van der Waals surface area contributed by atoms with Crippen LogP contribution in [0.4, 0.5) is 10.2 Å². The molecule has 3 atom stereocenters. The molecule has 2 aliphatic rings. The average Bonchev–Trinajstić information content (AvgIpc) is 2.57. The SMILES string of the molecule is C[C@@H]1CN(C)CC[C@@H]1Oc1cccc(NC(=O)C2=CC=C(F)CC2Cl)n1. The first-order valence-electron chi connectivity index (χ1n) is 8.76. The van der Waals surface area contributed by atoms with Gasteiger partial charge in [0.15, 0.2) is 0 Å². The van der Waals surface area contributed by atoms with Crippen LogP contribution in [0.25, 0.3) is 0 Å². The van der Waals surface area contributed by atoms with E-state index in [-0.39, 0.29) is 24.3 Å². The van der Waals surface area contributed by atoms with Gasteiger partial charge >= 0.3 is 0 Å². The molecule has 1 unspecified atom stereocenters. The zero-order valence-electron chi connectivity index (χ0n) is 14.9. The van der Waals surface area contributed by atoms with E-state index in [0.717, 1.165) is 19.5 Å². The van der Waals surface area contributed by atoms with Crippen LogP contribution in [0, 0.1) is 5.92 Å². The second-order valence-corrected chi connectivity index (χ2v) is 7.43. The third-order valence-electron chi connectivity index (χ3n) is 4.68. The number of halogens is 2. The van der Waals surface area contributed by atoms with E-state index in [4.69, 9.17) is 16.3 Å². The number of piperidine rings is 1. The van der Waals surface area contributed by atoms with Crippen molar-refractivity contribution in [1.82, 2.24) is 9.88 Å². The summed E-state index contributed by atoms with van der Waals surface area (Å²) in [5, 5.41) is 2.03. The number of nitrogens with one attached hydrogen (secondary N) is 1. The molecule has 5 nitrogen and oxygen atoms in total. The number of carbonyl (C=O) groups is 1. The molecule has 1 aliphatic carbocycles. The lowest BCUT2D eigenvalue weighted by Gasteiger charge is -2.34. The van der Waals surface area contributed by atoms with Crippen LogP contribution < -0.4 is 10.1 Å². The third-order valence-corrected chi connectivity index (χ3v) is 5.07. The summed E-state index contributed by atoms with van der Waals surface area (Å²) in [4.78, 5) is 19.0. The van der Waals surface area contributed by atoms with Crippen LogP contribution in [0.1, 0.15) is 19.8 Å². The molecule has 140 valence electrons. The van der Waals surface area contributed by atoms with E-state index in [2.05, 4.69) is 29.2 Å². The highest BCUT2D eigenvalue weighted by atomic mass is 35.5. The molecular weight excluding hydrogens is 357 g/mol. The average molecular weight is 380 g/mol. The molecule has 1 aromatic heterocycles. The zero-order valence-corrected chi connectivity index (χ0v) is 15.7. The minimum Gasteiger partial charge on any atom is -0.474 e. The Kier molecular flexibility index (Phi) is 5.94. The number of alkyl halides is 1. The highest BCUT2D eigenvalue weighted by Crippen LogP contribution is 2.26. The van der Waals surface area contributed by atoms with Crippen molar-refractivity contribution in [3.8, 4) is 5.88 Å². The van der Waals surface area contributed by atoms with Gasteiger partial charge in [0, 0.05) is 37.1 Å². The molecule has 1 saturated heterocycles. The zero-order chi connectivity index (χ0) is 18.7. The van der Waals surface area contributed by atoms with Crippen LogP contribution in [0.2, 0.25) is 0 Å². The van der Waals surface area contributed by atoms with Gasteiger partial charge in [0.1, 0.15) is 17.7 Å². The predicted molar refractivity (Wildman–Crippen MR) is 100 cm³/mol. The molecule has 0 saturated carbocycles. The van der Waals surface area contributed by atoms with Gasteiger partial charge in [0.25, 0.3) is 5.91 Å². The van der Waals surface area contributed by atoms with Gasteiger partial charge in [0.05, 0.1) is 5.38 Å². The first-order chi connectivity index (χ1) is 12.4. The normalized spacial score (nSPS) is 26.7. The summed E-state index contributed by atoms with van der Waals surface area (Å²) in [7, 11) is 2.10. The second-order valence-electron chi connectivity index (χ2n) is 6.91. The lowest BCUT2D eigenvalue weighted by atomic mass is 9.97. The Labute approximate surface area is 157 Å². The topological polar surface area (TPSA) is 54.5 Å². The van der Waals surface area contributed by atoms with Gasteiger partial charge in [-0.15, -0.1) is 11.6 Å². The first-order valence-corrected chi connectivity index (χ1v) is 9.20. The minimum absolute atomic E-state index is 0.0192. The molecule has 1 aromatic rings. The number of hydrogen-bond donors (Lipinski definition) is 1. The number of allylic oxidation sites excluding steroid dienone is 3. The van der Waals surface area contributed by atoms with Crippen molar-refractivity contribution in [3.05, 3.63) is 41.8 Å². The summed E-state index contributed by atoms with van der Waals surface area (Å²) in [6.45, 7) is 4.13. The largest absolute Gasteiger partial charge is 0.474 e. The number of carbonyl (C=O) groups excluding carboxylic acids is 1. The number of likely N-dealkylation sites (tertiary alicyclic amines) is 1. The summed E-state index contributed by atoms with van der Waals surface area (Å²) in [5.74, 6) is 0.552. The molecule has 1 N–H and O–H groups in total. The Morgan fingerprint density at radius 3 is 2.96 bits per heavy atom.